The fourth-order valence-corrected chi connectivity index (χ4v) is 3.80. The van der Waals surface area contributed by atoms with Crippen LogP contribution in [0.1, 0.15) is 20.7 Å². The van der Waals surface area contributed by atoms with E-state index in [0.29, 0.717) is 22.3 Å². The Morgan fingerprint density at radius 2 is 1.64 bits per heavy atom. The number of carboxylic acid groups (broad SMARTS) is 1. The summed E-state index contributed by atoms with van der Waals surface area (Å²) in [6.07, 6.45) is 3.24. The third-order valence-electron chi connectivity index (χ3n) is 5.44. The van der Waals surface area contributed by atoms with E-state index in [1.807, 2.05) is 48.7 Å². The van der Waals surface area contributed by atoms with Gasteiger partial charge in [-0.25, -0.2) is 4.79 Å². The van der Waals surface area contributed by atoms with E-state index in [4.69, 9.17) is 5.73 Å². The monoisotopic (exact) mass is 434 g/mol. The van der Waals surface area contributed by atoms with Crippen molar-refractivity contribution in [2.24, 2.45) is 5.73 Å². The van der Waals surface area contributed by atoms with E-state index in [1.54, 1.807) is 12.1 Å². The van der Waals surface area contributed by atoms with E-state index >= 15 is 0 Å². The number of para-hydroxylation sites is 1. The van der Waals surface area contributed by atoms with Gasteiger partial charge in [0.05, 0.1) is 27.8 Å². The van der Waals surface area contributed by atoms with Gasteiger partial charge in [-0.3, -0.25) is 14.8 Å². The van der Waals surface area contributed by atoms with E-state index < -0.39 is 11.9 Å². The van der Waals surface area contributed by atoms with E-state index in [1.165, 1.54) is 18.3 Å². The normalized spacial score (nSPS) is 10.9. The van der Waals surface area contributed by atoms with Crippen LogP contribution < -0.4 is 11.1 Å². The summed E-state index contributed by atoms with van der Waals surface area (Å²) in [6.45, 7) is 0. The molecule has 0 aliphatic carbocycles. The molecule has 33 heavy (non-hydrogen) atoms. The van der Waals surface area contributed by atoms with Crippen LogP contribution in [-0.2, 0) is 0 Å². The standard InChI is InChI=1S/C26H18N4O3/c27-25(31)21-14-29-23-12-15(18-10-16-4-1-2-7-22(16)28-13-18)8-9-20(23)24(21)30-19-6-3-5-17(11-19)26(32)33/h1-14H,(H2,27,31)(H,29,30)(H,32,33). The summed E-state index contributed by atoms with van der Waals surface area (Å²) in [7, 11) is 0. The Morgan fingerprint density at radius 3 is 2.45 bits per heavy atom. The summed E-state index contributed by atoms with van der Waals surface area (Å²) in [5, 5.41) is 14.2. The topological polar surface area (TPSA) is 118 Å². The van der Waals surface area contributed by atoms with Crippen LogP contribution in [-0.4, -0.2) is 27.0 Å². The van der Waals surface area contributed by atoms with Crippen LogP contribution in [0.5, 0.6) is 0 Å². The van der Waals surface area contributed by atoms with Crippen LogP contribution in [0.4, 0.5) is 11.4 Å². The number of nitrogens with one attached hydrogen (secondary N) is 1. The highest BCUT2D eigenvalue weighted by Gasteiger charge is 2.15. The van der Waals surface area contributed by atoms with Gasteiger partial charge in [-0.1, -0.05) is 36.4 Å². The Balaban J connectivity index is 1.62. The molecule has 5 rings (SSSR count). The molecule has 0 saturated carbocycles. The fourth-order valence-electron chi connectivity index (χ4n) is 3.80. The van der Waals surface area contributed by atoms with Crippen LogP contribution >= 0.6 is 0 Å². The molecule has 2 aromatic heterocycles. The number of nitrogens with two attached hydrogens (primary N) is 1. The number of nitrogens with zero attached hydrogens (tertiary/aromatic N) is 2. The summed E-state index contributed by atoms with van der Waals surface area (Å²) >= 11 is 0. The van der Waals surface area contributed by atoms with Crippen molar-refractivity contribution in [1.29, 1.82) is 0 Å². The average molecular weight is 434 g/mol. The number of fused-ring (bicyclic) bond motifs is 2. The van der Waals surface area contributed by atoms with Crippen molar-refractivity contribution in [3.8, 4) is 11.1 Å². The SMILES string of the molecule is NC(=O)c1cnc2cc(-c3cnc4ccccc4c3)ccc2c1Nc1cccc(C(=O)O)c1. The molecule has 2 heterocycles. The Morgan fingerprint density at radius 1 is 0.818 bits per heavy atom. The summed E-state index contributed by atoms with van der Waals surface area (Å²) in [6, 6.07) is 22.0. The summed E-state index contributed by atoms with van der Waals surface area (Å²) in [5.74, 6) is -1.67. The van der Waals surface area contributed by atoms with Gasteiger partial charge in [0.2, 0.25) is 0 Å². The Bertz CT molecular complexity index is 1560. The maximum Gasteiger partial charge on any atom is 0.335 e. The number of rotatable bonds is 5. The molecule has 7 nitrogen and oxygen atoms in total. The van der Waals surface area contributed by atoms with Crippen LogP contribution in [0, 0.1) is 0 Å². The van der Waals surface area contributed by atoms with Crippen LogP contribution in [0.25, 0.3) is 32.9 Å². The first kappa shape index (κ1) is 20.1. The molecular weight excluding hydrogens is 416 g/mol. The molecule has 0 bridgehead atoms. The fraction of sp³-hybridized carbons (Fsp3) is 0. The van der Waals surface area contributed by atoms with Crippen LogP contribution in [0.2, 0.25) is 0 Å². The predicted octanol–water partition coefficient (Wildman–Crippen LogP) is 4.99. The number of carbonyl (C=O) groups excluding carboxylic acids is 1. The van der Waals surface area contributed by atoms with Crippen molar-refractivity contribution in [3.05, 3.63) is 96.3 Å². The summed E-state index contributed by atoms with van der Waals surface area (Å²) in [5.41, 5.74) is 10.4. The number of pyridine rings is 2. The largest absolute Gasteiger partial charge is 0.478 e. The van der Waals surface area contributed by atoms with Crippen molar-refractivity contribution < 1.29 is 14.7 Å². The maximum absolute atomic E-state index is 12.1. The lowest BCUT2D eigenvalue weighted by atomic mass is 10.0. The highest BCUT2D eigenvalue weighted by molar-refractivity contribution is 6.08. The first-order valence-corrected chi connectivity index (χ1v) is 10.2. The smallest absolute Gasteiger partial charge is 0.335 e. The van der Waals surface area contributed by atoms with Crippen LogP contribution in [0.15, 0.2) is 85.2 Å². The second-order valence-corrected chi connectivity index (χ2v) is 7.57. The van der Waals surface area contributed by atoms with Crippen molar-refractivity contribution in [3.63, 3.8) is 0 Å². The lowest BCUT2D eigenvalue weighted by Crippen LogP contribution is -2.14. The van der Waals surface area contributed by atoms with Gasteiger partial charge in [0, 0.05) is 34.4 Å². The van der Waals surface area contributed by atoms with Gasteiger partial charge in [0.25, 0.3) is 5.91 Å². The number of hydrogen-bond acceptors (Lipinski definition) is 5. The molecule has 0 spiro atoms. The van der Waals surface area contributed by atoms with Gasteiger partial charge in [-0.2, -0.15) is 0 Å². The molecule has 7 heteroatoms. The second kappa shape index (κ2) is 8.05. The minimum Gasteiger partial charge on any atom is -0.478 e. The quantitative estimate of drug-likeness (QED) is 0.359. The number of aromatic carboxylic acids is 1. The molecule has 160 valence electrons. The lowest BCUT2D eigenvalue weighted by molar-refractivity contribution is 0.0696. The first-order valence-electron chi connectivity index (χ1n) is 10.2. The van der Waals surface area contributed by atoms with E-state index in [0.717, 1.165) is 22.0 Å². The second-order valence-electron chi connectivity index (χ2n) is 7.57. The minimum absolute atomic E-state index is 0.130. The zero-order valence-electron chi connectivity index (χ0n) is 17.3. The number of primary amides is 1. The Hall–Kier alpha value is -4.78. The number of benzene rings is 3. The molecule has 5 aromatic rings. The highest BCUT2D eigenvalue weighted by Crippen LogP contribution is 2.32. The van der Waals surface area contributed by atoms with Crippen molar-refractivity contribution >= 4 is 45.1 Å². The zero-order chi connectivity index (χ0) is 22.9. The van der Waals surface area contributed by atoms with Crippen molar-refractivity contribution in [2.75, 3.05) is 5.32 Å². The van der Waals surface area contributed by atoms with Gasteiger partial charge in [-0.15, -0.1) is 0 Å². The molecule has 0 aliphatic rings. The molecule has 0 saturated heterocycles. The summed E-state index contributed by atoms with van der Waals surface area (Å²) < 4.78 is 0. The Kier molecular flexibility index (Phi) is 4.91. The summed E-state index contributed by atoms with van der Waals surface area (Å²) in [4.78, 5) is 32.4. The third kappa shape index (κ3) is 3.83. The van der Waals surface area contributed by atoms with Crippen molar-refractivity contribution in [2.45, 2.75) is 0 Å². The highest BCUT2D eigenvalue weighted by atomic mass is 16.4. The van der Waals surface area contributed by atoms with Gasteiger partial charge in [0.1, 0.15) is 0 Å². The maximum atomic E-state index is 12.1. The zero-order valence-corrected chi connectivity index (χ0v) is 17.3. The molecule has 0 atom stereocenters. The number of carbonyl (C=O) groups is 2. The van der Waals surface area contributed by atoms with Gasteiger partial charge in [-0.05, 0) is 42.0 Å². The molecule has 4 N–H and O–H groups in total. The molecule has 3 aromatic carbocycles. The molecule has 0 radical (unpaired) electrons. The van der Waals surface area contributed by atoms with E-state index in [-0.39, 0.29) is 11.1 Å². The Labute approximate surface area is 188 Å². The molecule has 0 fully saturated rings. The average Bonchev–Trinajstić information content (AvgIpc) is 2.83. The van der Waals surface area contributed by atoms with Crippen LogP contribution in [0.3, 0.4) is 0 Å². The molecule has 0 unspecified atom stereocenters. The van der Waals surface area contributed by atoms with E-state index in [9.17, 15) is 14.7 Å². The number of anilines is 2. The lowest BCUT2D eigenvalue weighted by Gasteiger charge is -2.14. The van der Waals surface area contributed by atoms with Gasteiger partial charge >= 0.3 is 5.97 Å². The van der Waals surface area contributed by atoms with Crippen molar-refractivity contribution in [1.82, 2.24) is 9.97 Å². The molecular formula is C26H18N4O3. The first-order chi connectivity index (χ1) is 16.0. The van der Waals surface area contributed by atoms with Gasteiger partial charge in [0.15, 0.2) is 0 Å². The minimum atomic E-state index is -1.04. The predicted molar refractivity (Wildman–Crippen MR) is 128 cm³/mol. The molecule has 1 amide bonds. The molecule has 0 aliphatic heterocycles. The number of amides is 1. The number of aromatic nitrogens is 2. The van der Waals surface area contributed by atoms with E-state index in [2.05, 4.69) is 21.4 Å². The number of carboxylic acids is 1. The van der Waals surface area contributed by atoms with Gasteiger partial charge < -0.3 is 16.2 Å². The number of hydrogen-bond donors (Lipinski definition) is 3. The third-order valence-corrected chi connectivity index (χ3v) is 5.44.